The molecule has 11 heteroatoms. The van der Waals surface area contributed by atoms with E-state index in [4.69, 9.17) is 25.2 Å². The molecule has 1 aliphatic carbocycles. The summed E-state index contributed by atoms with van der Waals surface area (Å²) in [6.07, 6.45) is -1.64. The Balaban J connectivity index is 0.000000381. The van der Waals surface area contributed by atoms with Crippen LogP contribution in [0.3, 0.4) is 0 Å². The van der Waals surface area contributed by atoms with Gasteiger partial charge < -0.3 is 25.3 Å². The Kier molecular flexibility index (Phi) is 6.97. The van der Waals surface area contributed by atoms with Crippen LogP contribution in [0, 0.1) is 5.92 Å². The number of carbonyl (C=O) groups excluding carboxylic acids is 1. The van der Waals surface area contributed by atoms with E-state index in [0.29, 0.717) is 23.8 Å². The highest BCUT2D eigenvalue weighted by atomic mass is 19.4. The minimum Gasteiger partial charge on any atom is -0.480 e. The third-order valence-electron chi connectivity index (χ3n) is 3.13. The van der Waals surface area contributed by atoms with Gasteiger partial charge in [0, 0.05) is 6.54 Å². The molecule has 0 radical (unpaired) electrons. The van der Waals surface area contributed by atoms with Crippen molar-refractivity contribution in [1.29, 1.82) is 0 Å². The molecule has 1 aliphatic rings. The lowest BCUT2D eigenvalue weighted by Gasteiger charge is -2.19. The lowest BCUT2D eigenvalue weighted by Crippen LogP contribution is -2.37. The monoisotopic (exact) mass is 366 g/mol. The maximum absolute atomic E-state index is 12.1. The van der Waals surface area contributed by atoms with E-state index < -0.39 is 18.1 Å². The molecule has 1 fully saturated rings. The second-order valence-electron chi connectivity index (χ2n) is 5.33. The van der Waals surface area contributed by atoms with E-state index in [-0.39, 0.29) is 19.0 Å². The summed E-state index contributed by atoms with van der Waals surface area (Å²) in [6.45, 7) is 0.432. The number of nitrogens with zero attached hydrogens (tertiary/aromatic N) is 1. The van der Waals surface area contributed by atoms with E-state index >= 15 is 0 Å². The summed E-state index contributed by atoms with van der Waals surface area (Å²) in [5.74, 6) is -3.12. The third-order valence-corrected chi connectivity index (χ3v) is 3.13. The number of aliphatic carboxylic acids is 2. The standard InChI is InChI=1S/C12H16N2O4.C2HF3O2/c13-4-10-3-9(7-18-10)12(17)14(6-11(15)16)5-8-1-2-8;3-2(4,5)1(6)7/h3,7-8H,1-2,4-6,13H2,(H,15,16);(H,6,7). The van der Waals surface area contributed by atoms with E-state index in [1.54, 1.807) is 6.07 Å². The predicted octanol–water partition coefficient (Wildman–Crippen LogP) is 1.31. The zero-order valence-corrected chi connectivity index (χ0v) is 13.0. The fourth-order valence-corrected chi connectivity index (χ4v) is 1.78. The van der Waals surface area contributed by atoms with Crippen LogP contribution in [0.5, 0.6) is 0 Å². The molecule has 0 saturated heterocycles. The smallest absolute Gasteiger partial charge is 0.480 e. The molecule has 0 bridgehead atoms. The van der Waals surface area contributed by atoms with Gasteiger partial charge in [-0.25, -0.2) is 4.79 Å². The Bertz CT molecular complexity index is 624. The number of alkyl halides is 3. The molecule has 1 aromatic heterocycles. The number of carbonyl (C=O) groups is 3. The topological polar surface area (TPSA) is 134 Å². The summed E-state index contributed by atoms with van der Waals surface area (Å²) < 4.78 is 36.8. The van der Waals surface area contributed by atoms with Gasteiger partial charge in [-0.1, -0.05) is 0 Å². The van der Waals surface area contributed by atoms with Gasteiger partial charge in [0.2, 0.25) is 0 Å². The van der Waals surface area contributed by atoms with Gasteiger partial charge in [-0.05, 0) is 24.8 Å². The second-order valence-corrected chi connectivity index (χ2v) is 5.33. The van der Waals surface area contributed by atoms with E-state index in [1.807, 2.05) is 0 Å². The largest absolute Gasteiger partial charge is 0.490 e. The maximum Gasteiger partial charge on any atom is 0.490 e. The van der Waals surface area contributed by atoms with Gasteiger partial charge in [-0.2, -0.15) is 13.2 Å². The van der Waals surface area contributed by atoms with Crippen LogP contribution in [-0.2, 0) is 16.1 Å². The normalized spacial score (nSPS) is 13.6. The summed E-state index contributed by atoms with van der Waals surface area (Å²) in [7, 11) is 0. The molecule has 0 aliphatic heterocycles. The van der Waals surface area contributed by atoms with Gasteiger partial charge in [0.05, 0.1) is 12.1 Å². The van der Waals surface area contributed by atoms with Crippen LogP contribution < -0.4 is 5.73 Å². The summed E-state index contributed by atoms with van der Waals surface area (Å²) in [5, 5.41) is 16.0. The predicted molar refractivity (Wildman–Crippen MR) is 76.6 cm³/mol. The summed E-state index contributed by atoms with van der Waals surface area (Å²) in [5.41, 5.74) is 5.76. The highest BCUT2D eigenvalue weighted by Gasteiger charge is 2.38. The first kappa shape index (κ1) is 20.5. The number of hydrogen-bond donors (Lipinski definition) is 3. The number of halogens is 3. The highest BCUT2D eigenvalue weighted by molar-refractivity contribution is 5.95. The molecular weight excluding hydrogens is 349 g/mol. The zero-order chi connectivity index (χ0) is 19.2. The first-order valence-electron chi connectivity index (χ1n) is 7.13. The molecule has 0 atom stereocenters. The number of rotatable bonds is 6. The van der Waals surface area contributed by atoms with Crippen molar-refractivity contribution >= 4 is 17.8 Å². The highest BCUT2D eigenvalue weighted by Crippen LogP contribution is 2.30. The van der Waals surface area contributed by atoms with Crippen molar-refractivity contribution in [1.82, 2.24) is 4.90 Å². The average Bonchev–Trinajstić information content (AvgIpc) is 3.18. The Morgan fingerprint density at radius 1 is 1.28 bits per heavy atom. The molecule has 2 rings (SSSR count). The summed E-state index contributed by atoms with van der Waals surface area (Å²) in [4.78, 5) is 33.2. The Morgan fingerprint density at radius 3 is 2.20 bits per heavy atom. The molecule has 1 heterocycles. The van der Waals surface area contributed by atoms with Crippen LogP contribution in [-0.4, -0.2) is 52.2 Å². The van der Waals surface area contributed by atoms with Gasteiger partial charge in [0.15, 0.2) is 0 Å². The molecule has 4 N–H and O–H groups in total. The molecule has 1 aromatic rings. The molecule has 0 unspecified atom stereocenters. The van der Waals surface area contributed by atoms with Crippen LogP contribution >= 0.6 is 0 Å². The molecule has 0 aromatic carbocycles. The van der Waals surface area contributed by atoms with Gasteiger partial charge in [-0.15, -0.1) is 0 Å². The maximum atomic E-state index is 12.1. The minimum atomic E-state index is -5.08. The van der Waals surface area contributed by atoms with Crippen LogP contribution in [0.4, 0.5) is 13.2 Å². The molecule has 8 nitrogen and oxygen atoms in total. The van der Waals surface area contributed by atoms with Crippen molar-refractivity contribution in [3.8, 4) is 0 Å². The van der Waals surface area contributed by atoms with Gasteiger partial charge in [0.1, 0.15) is 18.6 Å². The number of amides is 1. The second kappa shape index (κ2) is 8.51. The van der Waals surface area contributed by atoms with Crippen molar-refractivity contribution in [2.24, 2.45) is 11.7 Å². The number of furan rings is 1. The minimum absolute atomic E-state index is 0.217. The zero-order valence-electron chi connectivity index (χ0n) is 13.0. The quantitative estimate of drug-likeness (QED) is 0.691. The molecule has 1 saturated carbocycles. The molecular formula is C14H17F3N2O6. The van der Waals surface area contributed by atoms with Crippen LogP contribution in [0.25, 0.3) is 0 Å². The molecule has 0 spiro atoms. The van der Waals surface area contributed by atoms with E-state index in [0.717, 1.165) is 12.8 Å². The first-order valence-corrected chi connectivity index (χ1v) is 7.13. The number of carboxylic acid groups (broad SMARTS) is 2. The molecule has 140 valence electrons. The van der Waals surface area contributed by atoms with Crippen LogP contribution in [0.15, 0.2) is 16.7 Å². The third kappa shape index (κ3) is 7.25. The van der Waals surface area contributed by atoms with Crippen LogP contribution in [0.2, 0.25) is 0 Å². The fraction of sp³-hybridized carbons (Fsp3) is 0.500. The van der Waals surface area contributed by atoms with E-state index in [2.05, 4.69) is 0 Å². The Hall–Kier alpha value is -2.56. The van der Waals surface area contributed by atoms with Crippen molar-refractivity contribution in [3.05, 3.63) is 23.7 Å². The van der Waals surface area contributed by atoms with E-state index in [9.17, 15) is 22.8 Å². The summed E-state index contributed by atoms with van der Waals surface area (Å²) >= 11 is 0. The Labute approximate surface area is 140 Å². The molecule has 1 amide bonds. The SMILES string of the molecule is NCc1cc(C(=O)N(CC(=O)O)CC2CC2)co1.O=C(O)C(F)(F)F. The van der Waals surface area contributed by atoms with Crippen molar-refractivity contribution < 1.29 is 42.2 Å². The van der Waals surface area contributed by atoms with Crippen LogP contribution in [0.1, 0.15) is 29.0 Å². The lowest BCUT2D eigenvalue weighted by molar-refractivity contribution is -0.192. The number of hydrogen-bond acceptors (Lipinski definition) is 5. The lowest BCUT2D eigenvalue weighted by atomic mass is 10.2. The van der Waals surface area contributed by atoms with Gasteiger partial charge in [-0.3, -0.25) is 9.59 Å². The van der Waals surface area contributed by atoms with Crippen molar-refractivity contribution in [2.45, 2.75) is 25.6 Å². The molecule has 25 heavy (non-hydrogen) atoms. The van der Waals surface area contributed by atoms with Gasteiger partial charge in [0.25, 0.3) is 5.91 Å². The van der Waals surface area contributed by atoms with E-state index in [1.165, 1.54) is 11.2 Å². The van der Waals surface area contributed by atoms with Crippen molar-refractivity contribution in [2.75, 3.05) is 13.1 Å². The average molecular weight is 366 g/mol. The fourth-order valence-electron chi connectivity index (χ4n) is 1.78. The Morgan fingerprint density at radius 2 is 1.84 bits per heavy atom. The summed E-state index contributed by atoms with van der Waals surface area (Å²) in [6, 6.07) is 1.56. The number of nitrogens with two attached hydrogens (primary N) is 1. The van der Waals surface area contributed by atoms with Crippen molar-refractivity contribution in [3.63, 3.8) is 0 Å². The first-order chi connectivity index (χ1) is 11.5. The number of carboxylic acids is 2. The van der Waals surface area contributed by atoms with Gasteiger partial charge >= 0.3 is 18.1 Å².